The van der Waals surface area contributed by atoms with Gasteiger partial charge in [-0.3, -0.25) is 4.98 Å². The summed E-state index contributed by atoms with van der Waals surface area (Å²) in [7, 11) is 0. The van der Waals surface area contributed by atoms with Gasteiger partial charge in [-0.15, -0.1) is 5.10 Å². The standard InChI is InChI=1S/C8H4N5OS.Ir/c1-4-11-6-8(15-4)9-2-5(12-6)7-13-10-3-14-7;/h3H,1H3;/q-1;. The molecule has 0 aliphatic rings. The third kappa shape index (κ3) is 1.86. The molecular formula is C8H4IrN5OS-. The van der Waals surface area contributed by atoms with Crippen LogP contribution in [-0.2, 0) is 20.1 Å². The van der Waals surface area contributed by atoms with E-state index in [9.17, 15) is 0 Å². The van der Waals surface area contributed by atoms with Crippen LogP contribution in [0.3, 0.4) is 0 Å². The fraction of sp³-hybridized carbons (Fsp3) is 0.125. The van der Waals surface area contributed by atoms with E-state index in [0.29, 0.717) is 17.2 Å². The van der Waals surface area contributed by atoms with Crippen LogP contribution in [-0.4, -0.2) is 25.1 Å². The molecule has 1 radical (unpaired) electrons. The summed E-state index contributed by atoms with van der Waals surface area (Å²) in [6, 6.07) is 0. The summed E-state index contributed by atoms with van der Waals surface area (Å²) >= 11 is 1.48. The zero-order chi connectivity index (χ0) is 10.3. The van der Waals surface area contributed by atoms with Crippen LogP contribution in [0.5, 0.6) is 0 Å². The zero-order valence-electron chi connectivity index (χ0n) is 7.96. The van der Waals surface area contributed by atoms with E-state index < -0.39 is 0 Å². The fourth-order valence-electron chi connectivity index (χ4n) is 1.16. The number of hydrogen-bond acceptors (Lipinski definition) is 7. The second-order valence-corrected chi connectivity index (χ2v) is 3.97. The molecule has 0 amide bonds. The number of hydrogen-bond donors (Lipinski definition) is 0. The van der Waals surface area contributed by atoms with Gasteiger partial charge in [0.1, 0.15) is 5.65 Å². The molecule has 0 saturated carbocycles. The maximum absolute atomic E-state index is 4.99. The second-order valence-electron chi connectivity index (χ2n) is 2.79. The van der Waals surface area contributed by atoms with Gasteiger partial charge in [-0.05, 0) is 13.1 Å². The first-order valence-electron chi connectivity index (χ1n) is 4.12. The van der Waals surface area contributed by atoms with Crippen LogP contribution in [0.4, 0.5) is 0 Å². The van der Waals surface area contributed by atoms with Gasteiger partial charge in [-0.2, -0.15) is 16.4 Å². The van der Waals surface area contributed by atoms with E-state index in [-0.39, 0.29) is 20.1 Å². The van der Waals surface area contributed by atoms with Crippen molar-refractivity contribution >= 4 is 21.8 Å². The Hall–Kier alpha value is -1.24. The predicted octanol–water partition coefficient (Wildman–Crippen LogP) is 1.24. The summed E-state index contributed by atoms with van der Waals surface area (Å²) in [5, 5.41) is 8.20. The molecule has 6 nitrogen and oxygen atoms in total. The number of aryl methyl sites for hydroxylation is 1. The topological polar surface area (TPSA) is 77.6 Å². The summed E-state index contributed by atoms with van der Waals surface area (Å²) < 4.78 is 4.99. The summed E-state index contributed by atoms with van der Waals surface area (Å²) in [5.41, 5.74) is 1.01. The Morgan fingerprint density at radius 2 is 2.25 bits per heavy atom. The minimum Gasteiger partial charge on any atom is -0.483 e. The third-order valence-electron chi connectivity index (χ3n) is 1.74. The SMILES string of the molecule is Cc1nc2nc(-c3nnco3)[c-]nc2s1.[Ir]. The average molecular weight is 410 g/mol. The molecule has 0 aliphatic carbocycles. The van der Waals surface area contributed by atoms with Crippen LogP contribution in [0, 0.1) is 13.1 Å². The molecule has 83 valence electrons. The number of rotatable bonds is 1. The normalized spacial score (nSPS) is 10.3. The van der Waals surface area contributed by atoms with Crippen molar-refractivity contribution in [1.82, 2.24) is 25.1 Å². The Morgan fingerprint density at radius 1 is 1.38 bits per heavy atom. The largest absolute Gasteiger partial charge is 0.483 e. The maximum atomic E-state index is 4.99. The summed E-state index contributed by atoms with van der Waals surface area (Å²) in [4.78, 5) is 13.3. The van der Waals surface area contributed by atoms with Crippen molar-refractivity contribution in [3.8, 4) is 11.6 Å². The van der Waals surface area contributed by atoms with Gasteiger partial charge in [-0.1, -0.05) is 0 Å². The molecule has 0 atom stereocenters. The Morgan fingerprint density at radius 3 is 3.00 bits per heavy atom. The van der Waals surface area contributed by atoms with E-state index in [4.69, 9.17) is 4.42 Å². The molecule has 0 aliphatic heterocycles. The van der Waals surface area contributed by atoms with Crippen molar-refractivity contribution in [3.63, 3.8) is 0 Å². The first kappa shape index (κ1) is 11.3. The first-order chi connectivity index (χ1) is 7.33. The summed E-state index contributed by atoms with van der Waals surface area (Å²) in [5.74, 6) is 0.301. The van der Waals surface area contributed by atoms with Crippen LogP contribution in [0.1, 0.15) is 5.01 Å². The number of thiazole rings is 1. The van der Waals surface area contributed by atoms with E-state index in [1.807, 2.05) is 6.92 Å². The molecule has 3 aromatic heterocycles. The Bertz CT molecular complexity index is 608. The van der Waals surface area contributed by atoms with Crippen molar-refractivity contribution in [2.45, 2.75) is 6.92 Å². The summed E-state index contributed by atoms with van der Waals surface area (Å²) in [6.07, 6.45) is 3.98. The van der Waals surface area contributed by atoms with Crippen LogP contribution in [0.25, 0.3) is 22.1 Å². The first-order valence-corrected chi connectivity index (χ1v) is 4.94. The van der Waals surface area contributed by atoms with Crippen molar-refractivity contribution in [2.24, 2.45) is 0 Å². The van der Waals surface area contributed by atoms with Crippen LogP contribution in [0.15, 0.2) is 10.8 Å². The molecule has 0 fully saturated rings. The van der Waals surface area contributed by atoms with Gasteiger partial charge in [0.2, 0.25) is 0 Å². The minimum atomic E-state index is 0. The Kier molecular flexibility index (Phi) is 3.04. The van der Waals surface area contributed by atoms with Gasteiger partial charge in [-0.25, -0.2) is 4.98 Å². The number of fused-ring (bicyclic) bond motifs is 1. The van der Waals surface area contributed by atoms with Gasteiger partial charge in [0.05, 0.1) is 9.84 Å². The van der Waals surface area contributed by atoms with Gasteiger partial charge >= 0.3 is 0 Å². The molecule has 0 aromatic carbocycles. The van der Waals surface area contributed by atoms with Gasteiger partial charge < -0.3 is 9.40 Å². The molecule has 0 saturated heterocycles. The zero-order valence-corrected chi connectivity index (χ0v) is 11.2. The fourth-order valence-corrected chi connectivity index (χ4v) is 1.84. The average Bonchev–Trinajstić information content (AvgIpc) is 2.82. The number of aromatic nitrogens is 5. The Labute approximate surface area is 108 Å². The smallest absolute Gasteiger partial charge is 0.188 e. The van der Waals surface area contributed by atoms with Gasteiger partial charge in [0.25, 0.3) is 0 Å². The molecular weight excluding hydrogens is 406 g/mol. The van der Waals surface area contributed by atoms with Crippen LogP contribution < -0.4 is 0 Å². The van der Waals surface area contributed by atoms with Gasteiger partial charge in [0, 0.05) is 25.8 Å². The molecule has 0 bridgehead atoms. The van der Waals surface area contributed by atoms with E-state index in [2.05, 4.69) is 31.3 Å². The molecule has 8 heteroatoms. The van der Waals surface area contributed by atoms with E-state index in [1.54, 1.807) is 0 Å². The van der Waals surface area contributed by atoms with Crippen LogP contribution in [0.2, 0.25) is 0 Å². The van der Waals surface area contributed by atoms with Crippen molar-refractivity contribution in [2.75, 3.05) is 0 Å². The summed E-state index contributed by atoms with van der Waals surface area (Å²) in [6.45, 7) is 1.90. The minimum absolute atomic E-state index is 0. The van der Waals surface area contributed by atoms with Crippen molar-refractivity contribution in [3.05, 3.63) is 17.6 Å². The van der Waals surface area contributed by atoms with Crippen molar-refractivity contribution < 1.29 is 24.5 Å². The Balaban J connectivity index is 0.000000963. The molecule has 16 heavy (non-hydrogen) atoms. The maximum Gasteiger partial charge on any atom is 0.188 e. The molecule has 3 aromatic rings. The monoisotopic (exact) mass is 411 g/mol. The molecule has 0 spiro atoms. The molecule has 0 N–H and O–H groups in total. The van der Waals surface area contributed by atoms with Gasteiger partial charge in [0.15, 0.2) is 12.3 Å². The second kappa shape index (κ2) is 4.32. The molecule has 0 unspecified atom stereocenters. The quantitative estimate of drug-likeness (QED) is 0.562. The van der Waals surface area contributed by atoms with E-state index in [1.165, 1.54) is 17.7 Å². The van der Waals surface area contributed by atoms with Crippen molar-refractivity contribution in [1.29, 1.82) is 0 Å². The number of nitrogens with zero attached hydrogens (tertiary/aromatic N) is 5. The predicted molar refractivity (Wildman–Crippen MR) is 52.1 cm³/mol. The molecule has 3 rings (SSSR count). The third-order valence-corrected chi connectivity index (χ3v) is 2.60. The van der Waals surface area contributed by atoms with Crippen LogP contribution >= 0.6 is 11.3 Å². The van der Waals surface area contributed by atoms with E-state index in [0.717, 1.165) is 9.84 Å². The molecule has 3 heterocycles. The van der Waals surface area contributed by atoms with E-state index >= 15 is 0 Å².